The van der Waals surface area contributed by atoms with E-state index in [0.29, 0.717) is 12.8 Å². The molecule has 1 aliphatic rings. The SMILES string of the molecule is COC(=O)c1cc(S(=O)(=O)C2CC2)ccc1O. The van der Waals surface area contributed by atoms with Crippen molar-refractivity contribution < 1.29 is 23.1 Å². The molecule has 6 heteroatoms. The quantitative estimate of drug-likeness (QED) is 0.819. The summed E-state index contributed by atoms with van der Waals surface area (Å²) in [6, 6.07) is 3.66. The highest BCUT2D eigenvalue weighted by Crippen LogP contribution is 2.34. The van der Waals surface area contributed by atoms with Crippen LogP contribution in [0, 0.1) is 0 Å². The molecule has 1 aromatic rings. The lowest BCUT2D eigenvalue weighted by Crippen LogP contribution is -2.09. The van der Waals surface area contributed by atoms with Gasteiger partial charge >= 0.3 is 5.97 Å². The first-order valence-electron chi connectivity index (χ1n) is 5.12. The van der Waals surface area contributed by atoms with Crippen molar-refractivity contribution in [1.29, 1.82) is 0 Å². The zero-order valence-corrected chi connectivity index (χ0v) is 10.0. The average Bonchev–Trinajstić information content (AvgIpc) is 3.12. The molecule has 0 atom stereocenters. The number of hydrogen-bond acceptors (Lipinski definition) is 5. The second-order valence-electron chi connectivity index (χ2n) is 3.91. The molecule has 0 spiro atoms. The van der Waals surface area contributed by atoms with Gasteiger partial charge in [-0.1, -0.05) is 0 Å². The molecule has 0 aromatic heterocycles. The number of phenolic OH excluding ortho intramolecular Hbond substituents is 1. The number of carbonyl (C=O) groups is 1. The van der Waals surface area contributed by atoms with E-state index >= 15 is 0 Å². The van der Waals surface area contributed by atoms with Crippen molar-refractivity contribution in [2.75, 3.05) is 7.11 Å². The molecule has 0 heterocycles. The van der Waals surface area contributed by atoms with Gasteiger partial charge in [0.1, 0.15) is 11.3 Å². The number of methoxy groups -OCH3 is 1. The van der Waals surface area contributed by atoms with Crippen LogP contribution < -0.4 is 0 Å². The van der Waals surface area contributed by atoms with Crippen LogP contribution in [0.25, 0.3) is 0 Å². The van der Waals surface area contributed by atoms with E-state index in [1.807, 2.05) is 0 Å². The smallest absolute Gasteiger partial charge is 0.341 e. The van der Waals surface area contributed by atoms with Crippen molar-refractivity contribution in [2.45, 2.75) is 23.0 Å². The van der Waals surface area contributed by atoms with Gasteiger partial charge in [-0.25, -0.2) is 13.2 Å². The minimum absolute atomic E-state index is 0.0539. The van der Waals surface area contributed by atoms with Crippen molar-refractivity contribution in [2.24, 2.45) is 0 Å². The summed E-state index contributed by atoms with van der Waals surface area (Å²) in [5, 5.41) is 9.11. The van der Waals surface area contributed by atoms with E-state index in [4.69, 9.17) is 0 Å². The molecule has 1 N–H and O–H groups in total. The Morgan fingerprint density at radius 2 is 2.06 bits per heavy atom. The van der Waals surface area contributed by atoms with Crippen LogP contribution in [0.5, 0.6) is 5.75 Å². The average molecular weight is 256 g/mol. The van der Waals surface area contributed by atoms with Crippen LogP contribution in [-0.2, 0) is 14.6 Å². The third kappa shape index (κ3) is 2.12. The summed E-state index contributed by atoms with van der Waals surface area (Å²) >= 11 is 0. The van der Waals surface area contributed by atoms with Crippen LogP contribution in [-0.4, -0.2) is 31.9 Å². The number of benzene rings is 1. The minimum atomic E-state index is -3.37. The van der Waals surface area contributed by atoms with E-state index in [-0.39, 0.29) is 21.5 Å². The van der Waals surface area contributed by atoms with Crippen molar-refractivity contribution >= 4 is 15.8 Å². The van der Waals surface area contributed by atoms with Crippen molar-refractivity contribution in [3.8, 4) is 5.75 Å². The maximum absolute atomic E-state index is 11.9. The maximum Gasteiger partial charge on any atom is 0.341 e. The van der Waals surface area contributed by atoms with E-state index in [0.717, 1.165) is 6.07 Å². The molecular formula is C11H12O5S. The fourth-order valence-electron chi connectivity index (χ4n) is 1.54. The van der Waals surface area contributed by atoms with Crippen LogP contribution in [0.4, 0.5) is 0 Å². The van der Waals surface area contributed by atoms with Crippen LogP contribution in [0.1, 0.15) is 23.2 Å². The molecule has 0 unspecified atom stereocenters. The first-order valence-corrected chi connectivity index (χ1v) is 6.66. The Hall–Kier alpha value is -1.56. The Balaban J connectivity index is 2.47. The number of sulfone groups is 1. The first kappa shape index (κ1) is 11.9. The molecule has 1 aliphatic carbocycles. The van der Waals surface area contributed by atoms with Crippen LogP contribution >= 0.6 is 0 Å². The van der Waals surface area contributed by atoms with Gasteiger partial charge < -0.3 is 9.84 Å². The van der Waals surface area contributed by atoms with Gasteiger partial charge in [-0.05, 0) is 31.0 Å². The Morgan fingerprint density at radius 3 is 2.59 bits per heavy atom. The first-order chi connectivity index (χ1) is 7.96. The molecule has 92 valence electrons. The lowest BCUT2D eigenvalue weighted by Gasteiger charge is -2.06. The molecule has 5 nitrogen and oxygen atoms in total. The predicted octanol–water partition coefficient (Wildman–Crippen LogP) is 1.11. The Kier molecular flexibility index (Phi) is 2.82. The van der Waals surface area contributed by atoms with Crippen molar-refractivity contribution in [3.05, 3.63) is 23.8 Å². The Bertz CT molecular complexity index is 557. The Morgan fingerprint density at radius 1 is 1.41 bits per heavy atom. The predicted molar refractivity (Wildman–Crippen MR) is 59.7 cm³/mol. The molecule has 0 aliphatic heterocycles. The molecule has 0 radical (unpaired) electrons. The summed E-state index contributed by atoms with van der Waals surface area (Å²) in [7, 11) is -2.20. The molecular weight excluding hydrogens is 244 g/mol. The monoisotopic (exact) mass is 256 g/mol. The van der Waals surface area contributed by atoms with Gasteiger partial charge in [-0.3, -0.25) is 0 Å². The van der Waals surface area contributed by atoms with E-state index < -0.39 is 15.8 Å². The van der Waals surface area contributed by atoms with Crippen molar-refractivity contribution in [3.63, 3.8) is 0 Å². The van der Waals surface area contributed by atoms with E-state index in [1.165, 1.54) is 19.2 Å². The number of phenols is 1. The minimum Gasteiger partial charge on any atom is -0.507 e. The summed E-state index contributed by atoms with van der Waals surface area (Å²) in [4.78, 5) is 11.4. The maximum atomic E-state index is 11.9. The summed E-state index contributed by atoms with van der Waals surface area (Å²) in [6.07, 6.45) is 1.30. The fourth-order valence-corrected chi connectivity index (χ4v) is 3.22. The summed E-state index contributed by atoms with van der Waals surface area (Å²) < 4.78 is 28.3. The van der Waals surface area contributed by atoms with Gasteiger partial charge in [0, 0.05) is 0 Å². The van der Waals surface area contributed by atoms with Gasteiger partial charge in [-0.15, -0.1) is 0 Å². The number of ether oxygens (including phenoxy) is 1. The lowest BCUT2D eigenvalue weighted by molar-refractivity contribution is 0.0597. The summed E-state index contributed by atoms with van der Waals surface area (Å²) in [5.74, 6) is -1.04. The standard InChI is InChI=1S/C11H12O5S/c1-16-11(13)9-6-8(4-5-10(9)12)17(14,15)7-2-3-7/h4-7,12H,2-3H2,1H3. The van der Waals surface area contributed by atoms with E-state index in [9.17, 15) is 18.3 Å². The lowest BCUT2D eigenvalue weighted by atomic mass is 10.2. The second-order valence-corrected chi connectivity index (χ2v) is 6.14. The number of carbonyl (C=O) groups excluding carboxylic acids is 1. The van der Waals surface area contributed by atoms with Gasteiger partial charge in [0.15, 0.2) is 9.84 Å². The number of aromatic hydroxyl groups is 1. The largest absolute Gasteiger partial charge is 0.507 e. The normalized spacial score (nSPS) is 15.6. The van der Waals surface area contributed by atoms with Gasteiger partial charge in [-0.2, -0.15) is 0 Å². The number of rotatable bonds is 3. The third-order valence-corrected chi connectivity index (χ3v) is 4.93. The molecule has 17 heavy (non-hydrogen) atoms. The molecule has 2 rings (SSSR count). The van der Waals surface area contributed by atoms with E-state index in [2.05, 4.69) is 4.74 Å². The van der Waals surface area contributed by atoms with Crippen molar-refractivity contribution in [1.82, 2.24) is 0 Å². The molecule has 0 amide bonds. The molecule has 1 fully saturated rings. The second kappa shape index (κ2) is 4.03. The topological polar surface area (TPSA) is 80.7 Å². The fraction of sp³-hybridized carbons (Fsp3) is 0.364. The molecule has 1 saturated carbocycles. The highest BCUT2D eigenvalue weighted by Gasteiger charge is 2.37. The van der Waals surface area contributed by atoms with Gasteiger partial charge in [0.25, 0.3) is 0 Å². The van der Waals surface area contributed by atoms with Crippen LogP contribution in [0.15, 0.2) is 23.1 Å². The molecule has 0 bridgehead atoms. The summed E-state index contributed by atoms with van der Waals surface area (Å²) in [5.41, 5.74) is -0.130. The highest BCUT2D eigenvalue weighted by molar-refractivity contribution is 7.92. The summed E-state index contributed by atoms with van der Waals surface area (Å²) in [6.45, 7) is 0. The third-order valence-electron chi connectivity index (χ3n) is 2.67. The Labute approximate surface area is 98.9 Å². The van der Waals surface area contributed by atoms with Crippen LogP contribution in [0.3, 0.4) is 0 Å². The zero-order chi connectivity index (χ0) is 12.6. The van der Waals surface area contributed by atoms with E-state index in [1.54, 1.807) is 0 Å². The molecule has 1 aromatic carbocycles. The highest BCUT2D eigenvalue weighted by atomic mass is 32.2. The van der Waals surface area contributed by atoms with Crippen LogP contribution in [0.2, 0.25) is 0 Å². The molecule has 0 saturated heterocycles. The zero-order valence-electron chi connectivity index (χ0n) is 9.21. The number of hydrogen-bond donors (Lipinski definition) is 1. The van der Waals surface area contributed by atoms with Gasteiger partial charge in [0.2, 0.25) is 0 Å². The van der Waals surface area contributed by atoms with Gasteiger partial charge in [0.05, 0.1) is 17.3 Å². The number of esters is 1.